The molecule has 0 bridgehead atoms. The molecule has 3 aromatic rings. The van der Waals surface area contributed by atoms with E-state index >= 15 is 0 Å². The standard InChI is InChI=1S/C19H17N5O4S2/c1-11(25)20-12-7-8-14-15(9-12)29-19(21-14)22-17(26)10-24(2)18-13-5-3-4-6-16(13)30(27,28)23-18/h3-9H,10H2,1-2H3,(H,20,25)(H,21,22,26). The number of sulfonamides is 1. The Kier molecular flexibility index (Phi) is 5.00. The fourth-order valence-electron chi connectivity index (χ4n) is 3.07. The van der Waals surface area contributed by atoms with E-state index in [1.807, 2.05) is 0 Å². The fraction of sp³-hybridized carbons (Fsp3) is 0.158. The van der Waals surface area contributed by atoms with Gasteiger partial charge in [-0.2, -0.15) is 8.42 Å². The fourth-order valence-corrected chi connectivity index (χ4v) is 5.24. The number of anilines is 2. The molecule has 9 nitrogen and oxygen atoms in total. The van der Waals surface area contributed by atoms with Crippen molar-refractivity contribution in [2.45, 2.75) is 11.8 Å². The maximum absolute atomic E-state index is 12.5. The number of amides is 2. The summed E-state index contributed by atoms with van der Waals surface area (Å²) in [6.07, 6.45) is 0. The number of hydrogen-bond donors (Lipinski definition) is 2. The molecule has 0 saturated carbocycles. The number of amidine groups is 1. The zero-order valence-electron chi connectivity index (χ0n) is 16.0. The van der Waals surface area contributed by atoms with Crippen molar-refractivity contribution in [3.05, 3.63) is 48.0 Å². The van der Waals surface area contributed by atoms with Crippen LogP contribution in [0.25, 0.3) is 10.2 Å². The van der Waals surface area contributed by atoms with Gasteiger partial charge in [0.25, 0.3) is 10.0 Å². The summed E-state index contributed by atoms with van der Waals surface area (Å²) < 4.78 is 29.0. The lowest BCUT2D eigenvalue weighted by Crippen LogP contribution is -2.34. The minimum absolute atomic E-state index is 0.101. The molecule has 1 aliphatic rings. The smallest absolute Gasteiger partial charge is 0.285 e. The second-order valence-electron chi connectivity index (χ2n) is 6.67. The van der Waals surface area contributed by atoms with Gasteiger partial charge in [0.1, 0.15) is 4.90 Å². The Morgan fingerprint density at radius 3 is 2.67 bits per heavy atom. The first-order valence-electron chi connectivity index (χ1n) is 8.86. The number of likely N-dealkylation sites (N-methyl/N-ethyl adjacent to an activating group) is 1. The number of benzene rings is 2. The highest BCUT2D eigenvalue weighted by Crippen LogP contribution is 2.29. The third-order valence-electron chi connectivity index (χ3n) is 4.31. The molecule has 0 aliphatic carbocycles. The van der Waals surface area contributed by atoms with E-state index in [4.69, 9.17) is 0 Å². The quantitative estimate of drug-likeness (QED) is 0.638. The summed E-state index contributed by atoms with van der Waals surface area (Å²) in [5.41, 5.74) is 1.81. The summed E-state index contributed by atoms with van der Waals surface area (Å²) in [7, 11) is -2.14. The van der Waals surface area contributed by atoms with Crippen LogP contribution >= 0.6 is 11.3 Å². The number of carbonyl (C=O) groups is 2. The third kappa shape index (κ3) is 3.89. The van der Waals surface area contributed by atoms with Crippen LogP contribution in [0.2, 0.25) is 0 Å². The van der Waals surface area contributed by atoms with Gasteiger partial charge in [-0.3, -0.25) is 9.59 Å². The number of nitrogens with one attached hydrogen (secondary N) is 2. The molecule has 2 aromatic carbocycles. The summed E-state index contributed by atoms with van der Waals surface area (Å²) in [4.78, 5) is 29.7. The minimum Gasteiger partial charge on any atom is -0.349 e. The molecule has 0 saturated heterocycles. The predicted molar refractivity (Wildman–Crippen MR) is 115 cm³/mol. The van der Waals surface area contributed by atoms with Gasteiger partial charge in [-0.25, -0.2) is 4.98 Å². The maximum Gasteiger partial charge on any atom is 0.285 e. The Morgan fingerprint density at radius 1 is 1.13 bits per heavy atom. The monoisotopic (exact) mass is 443 g/mol. The minimum atomic E-state index is -3.75. The van der Waals surface area contributed by atoms with Crippen LogP contribution in [0.15, 0.2) is 51.8 Å². The van der Waals surface area contributed by atoms with Crippen molar-refractivity contribution in [2.24, 2.45) is 4.40 Å². The van der Waals surface area contributed by atoms with Crippen LogP contribution in [-0.4, -0.2) is 49.5 Å². The van der Waals surface area contributed by atoms with Gasteiger partial charge in [0.2, 0.25) is 11.8 Å². The zero-order valence-corrected chi connectivity index (χ0v) is 17.7. The van der Waals surface area contributed by atoms with Crippen molar-refractivity contribution >= 4 is 60.0 Å². The normalized spacial score (nSPS) is 14.1. The lowest BCUT2D eigenvalue weighted by Gasteiger charge is -2.17. The number of fused-ring (bicyclic) bond motifs is 2. The maximum atomic E-state index is 12.5. The molecule has 2 N–H and O–H groups in total. The lowest BCUT2D eigenvalue weighted by molar-refractivity contribution is -0.116. The molecule has 0 radical (unpaired) electrons. The van der Waals surface area contributed by atoms with Crippen LogP contribution in [0.3, 0.4) is 0 Å². The van der Waals surface area contributed by atoms with Crippen molar-refractivity contribution in [1.29, 1.82) is 0 Å². The number of thiazole rings is 1. The van der Waals surface area contributed by atoms with E-state index in [1.165, 1.54) is 29.2 Å². The van der Waals surface area contributed by atoms with E-state index in [0.717, 1.165) is 4.70 Å². The summed E-state index contributed by atoms with van der Waals surface area (Å²) in [6.45, 7) is 1.33. The van der Waals surface area contributed by atoms with Crippen LogP contribution in [-0.2, 0) is 19.6 Å². The third-order valence-corrected chi connectivity index (χ3v) is 6.57. The van der Waals surface area contributed by atoms with E-state index in [0.29, 0.717) is 21.9 Å². The molecule has 0 atom stereocenters. The zero-order chi connectivity index (χ0) is 21.5. The number of carbonyl (C=O) groups excluding carboxylic acids is 2. The Labute approximate surface area is 176 Å². The Balaban J connectivity index is 1.48. The molecule has 1 aromatic heterocycles. The highest BCUT2D eigenvalue weighted by Gasteiger charge is 2.31. The van der Waals surface area contributed by atoms with E-state index in [-0.39, 0.29) is 29.1 Å². The Hall–Kier alpha value is -3.31. The second-order valence-corrected chi connectivity index (χ2v) is 9.28. The van der Waals surface area contributed by atoms with Gasteiger partial charge in [0, 0.05) is 25.2 Å². The summed E-state index contributed by atoms with van der Waals surface area (Å²) in [5.74, 6) is -0.304. The number of hydrogen-bond acceptors (Lipinski definition) is 7. The summed E-state index contributed by atoms with van der Waals surface area (Å²) in [5, 5.41) is 5.84. The van der Waals surface area contributed by atoms with Crippen molar-refractivity contribution in [3.63, 3.8) is 0 Å². The SMILES string of the molecule is CC(=O)Nc1ccc2nc(NC(=O)CN(C)C3=NS(=O)(=O)c4ccccc43)sc2c1. The topological polar surface area (TPSA) is 121 Å². The molecule has 1 aliphatic heterocycles. The Morgan fingerprint density at radius 2 is 1.90 bits per heavy atom. The highest BCUT2D eigenvalue weighted by molar-refractivity contribution is 7.90. The average Bonchev–Trinajstić information content (AvgIpc) is 3.18. The summed E-state index contributed by atoms with van der Waals surface area (Å²) >= 11 is 1.28. The largest absolute Gasteiger partial charge is 0.349 e. The van der Waals surface area contributed by atoms with Gasteiger partial charge < -0.3 is 15.5 Å². The van der Waals surface area contributed by atoms with E-state index in [1.54, 1.807) is 43.4 Å². The molecular formula is C19H17N5O4S2. The second kappa shape index (κ2) is 7.50. The Bertz CT molecular complexity index is 1310. The molecule has 0 fully saturated rings. The van der Waals surface area contributed by atoms with Crippen LogP contribution in [0, 0.1) is 0 Å². The van der Waals surface area contributed by atoms with Crippen LogP contribution < -0.4 is 10.6 Å². The average molecular weight is 444 g/mol. The molecule has 11 heteroatoms. The first-order valence-corrected chi connectivity index (χ1v) is 11.1. The molecule has 4 rings (SSSR count). The van der Waals surface area contributed by atoms with Gasteiger partial charge in [-0.05, 0) is 30.3 Å². The first-order chi connectivity index (χ1) is 14.2. The van der Waals surface area contributed by atoms with Gasteiger partial charge >= 0.3 is 0 Å². The number of nitrogens with zero attached hydrogens (tertiary/aromatic N) is 3. The van der Waals surface area contributed by atoms with E-state index in [9.17, 15) is 18.0 Å². The van der Waals surface area contributed by atoms with Crippen LogP contribution in [0.1, 0.15) is 12.5 Å². The number of rotatable bonds is 4. The van der Waals surface area contributed by atoms with Gasteiger partial charge in [0.15, 0.2) is 11.0 Å². The van der Waals surface area contributed by atoms with E-state index in [2.05, 4.69) is 20.0 Å². The van der Waals surface area contributed by atoms with Crippen molar-refractivity contribution in [1.82, 2.24) is 9.88 Å². The summed E-state index contributed by atoms with van der Waals surface area (Å²) in [6, 6.07) is 11.8. The van der Waals surface area contributed by atoms with Crippen molar-refractivity contribution in [2.75, 3.05) is 24.2 Å². The number of aromatic nitrogens is 1. The predicted octanol–water partition coefficient (Wildman–Crippen LogP) is 2.27. The van der Waals surface area contributed by atoms with Gasteiger partial charge in [0.05, 0.1) is 16.8 Å². The van der Waals surface area contributed by atoms with E-state index < -0.39 is 10.0 Å². The van der Waals surface area contributed by atoms with Gasteiger partial charge in [-0.15, -0.1) is 4.40 Å². The van der Waals surface area contributed by atoms with Crippen molar-refractivity contribution in [3.8, 4) is 0 Å². The highest BCUT2D eigenvalue weighted by atomic mass is 32.2. The molecule has 2 amide bonds. The first kappa shape index (κ1) is 20.0. The van der Waals surface area contributed by atoms with Crippen LogP contribution in [0.4, 0.5) is 10.8 Å². The molecule has 0 unspecified atom stereocenters. The molecule has 2 heterocycles. The molecule has 154 valence electrons. The van der Waals surface area contributed by atoms with Gasteiger partial charge in [-0.1, -0.05) is 23.5 Å². The molecule has 30 heavy (non-hydrogen) atoms. The molecule has 0 spiro atoms. The van der Waals surface area contributed by atoms with Crippen molar-refractivity contribution < 1.29 is 18.0 Å². The lowest BCUT2D eigenvalue weighted by atomic mass is 10.2. The molecular weight excluding hydrogens is 426 g/mol. The van der Waals surface area contributed by atoms with Crippen LogP contribution in [0.5, 0.6) is 0 Å².